The first-order chi connectivity index (χ1) is 7.58. The molecule has 1 unspecified atom stereocenters. The van der Waals surface area contributed by atoms with Crippen LogP contribution in [0.25, 0.3) is 0 Å². The van der Waals surface area contributed by atoms with E-state index in [1.165, 1.54) is 0 Å². The first-order valence-corrected chi connectivity index (χ1v) is 6.72. The Hall–Kier alpha value is -0.700. The van der Waals surface area contributed by atoms with E-state index in [0.717, 1.165) is 29.3 Å². The molecule has 0 amide bonds. The van der Waals surface area contributed by atoms with Crippen LogP contribution in [0.3, 0.4) is 0 Å². The zero-order chi connectivity index (χ0) is 12.1. The molecule has 1 aromatic rings. The van der Waals surface area contributed by atoms with E-state index in [9.17, 15) is 4.79 Å². The number of rotatable bonds is 6. The van der Waals surface area contributed by atoms with Crippen molar-refractivity contribution >= 4 is 17.5 Å². The molecular weight excluding hydrogens is 220 g/mol. The summed E-state index contributed by atoms with van der Waals surface area (Å²) in [4.78, 5) is 13.0. The predicted octanol–water partition coefficient (Wildman–Crippen LogP) is 4.14. The molecule has 1 heterocycles. The monoisotopic (exact) mass is 240 g/mol. The second-order valence-corrected chi connectivity index (χ2v) is 5.25. The number of furan rings is 1. The van der Waals surface area contributed by atoms with Gasteiger partial charge in [0.2, 0.25) is 0 Å². The average Bonchev–Trinajstić information content (AvgIpc) is 2.54. The summed E-state index contributed by atoms with van der Waals surface area (Å²) in [5.74, 6) is 2.19. The third-order valence-corrected chi connectivity index (χ3v) is 4.03. The van der Waals surface area contributed by atoms with Crippen LogP contribution < -0.4 is 0 Å². The van der Waals surface area contributed by atoms with Crippen molar-refractivity contribution in [2.24, 2.45) is 0 Å². The van der Waals surface area contributed by atoms with Gasteiger partial charge in [0.1, 0.15) is 17.3 Å². The second-order valence-electron chi connectivity index (χ2n) is 4.01. The van der Waals surface area contributed by atoms with Gasteiger partial charge in [-0.1, -0.05) is 13.8 Å². The molecule has 2 nitrogen and oxygen atoms in total. The van der Waals surface area contributed by atoms with Gasteiger partial charge < -0.3 is 4.42 Å². The summed E-state index contributed by atoms with van der Waals surface area (Å²) in [5.41, 5.74) is 0. The highest BCUT2D eigenvalue weighted by Gasteiger charge is 2.19. The zero-order valence-electron chi connectivity index (χ0n) is 10.5. The van der Waals surface area contributed by atoms with Crippen LogP contribution in [0, 0.1) is 13.8 Å². The lowest BCUT2D eigenvalue weighted by Crippen LogP contribution is -2.15. The van der Waals surface area contributed by atoms with E-state index < -0.39 is 0 Å². The maximum absolute atomic E-state index is 11.8. The van der Waals surface area contributed by atoms with Crippen molar-refractivity contribution < 1.29 is 9.21 Å². The van der Waals surface area contributed by atoms with Crippen LogP contribution >= 0.6 is 11.8 Å². The molecule has 90 valence electrons. The van der Waals surface area contributed by atoms with Gasteiger partial charge in [-0.15, -0.1) is 11.8 Å². The number of carbonyl (C=O) groups excluding carboxylic acids is 1. The number of Topliss-reactive ketones (excluding diaryl/α,β-unsaturated/α-hetero) is 1. The van der Waals surface area contributed by atoms with E-state index in [-0.39, 0.29) is 5.25 Å². The maximum atomic E-state index is 11.8. The SMILES string of the molecule is CCCC(=O)C(CC)Sc1cc(C)oc1C. The Balaban J connectivity index is 2.70. The summed E-state index contributed by atoms with van der Waals surface area (Å²) in [6, 6.07) is 2.02. The van der Waals surface area contributed by atoms with Crippen molar-refractivity contribution in [2.45, 2.75) is 57.1 Å². The third kappa shape index (κ3) is 3.41. The van der Waals surface area contributed by atoms with E-state index >= 15 is 0 Å². The molecule has 16 heavy (non-hydrogen) atoms. The smallest absolute Gasteiger partial charge is 0.146 e. The summed E-state index contributed by atoms with van der Waals surface area (Å²) in [5, 5.41) is 0.0793. The molecule has 0 saturated carbocycles. The van der Waals surface area contributed by atoms with Gasteiger partial charge in [0.05, 0.1) is 5.25 Å². The Kier molecular flexibility index (Phi) is 5.13. The molecule has 0 aromatic carbocycles. The summed E-state index contributed by atoms with van der Waals surface area (Å²) in [6.45, 7) is 7.99. The number of thioether (sulfide) groups is 1. The summed E-state index contributed by atoms with van der Waals surface area (Å²) >= 11 is 1.64. The lowest BCUT2D eigenvalue weighted by molar-refractivity contribution is -0.118. The fraction of sp³-hybridized carbons (Fsp3) is 0.615. The van der Waals surface area contributed by atoms with Crippen LogP contribution in [0.1, 0.15) is 44.6 Å². The van der Waals surface area contributed by atoms with Gasteiger partial charge in [-0.25, -0.2) is 0 Å². The van der Waals surface area contributed by atoms with E-state index in [0.29, 0.717) is 12.2 Å². The van der Waals surface area contributed by atoms with Crippen LogP contribution in [-0.4, -0.2) is 11.0 Å². The van der Waals surface area contributed by atoms with Crippen LogP contribution in [0.5, 0.6) is 0 Å². The summed E-state index contributed by atoms with van der Waals surface area (Å²) < 4.78 is 5.47. The Bertz CT molecular complexity index is 355. The quantitative estimate of drug-likeness (QED) is 0.700. The van der Waals surface area contributed by atoms with Gasteiger partial charge in [0, 0.05) is 11.3 Å². The van der Waals surface area contributed by atoms with Crippen LogP contribution in [-0.2, 0) is 4.79 Å². The number of hydrogen-bond donors (Lipinski definition) is 0. The number of carbonyl (C=O) groups is 1. The van der Waals surface area contributed by atoms with Crippen molar-refractivity contribution in [3.05, 3.63) is 17.6 Å². The summed E-state index contributed by atoms with van der Waals surface area (Å²) in [6.07, 6.45) is 2.49. The number of ketones is 1. The molecule has 0 saturated heterocycles. The number of hydrogen-bond acceptors (Lipinski definition) is 3. The lowest BCUT2D eigenvalue weighted by atomic mass is 10.1. The molecule has 0 aliphatic carbocycles. The van der Waals surface area contributed by atoms with Crippen molar-refractivity contribution in [2.75, 3.05) is 0 Å². The molecule has 1 atom stereocenters. The first-order valence-electron chi connectivity index (χ1n) is 5.84. The van der Waals surface area contributed by atoms with Gasteiger partial charge in [-0.3, -0.25) is 4.79 Å². The van der Waals surface area contributed by atoms with Gasteiger partial charge in [-0.2, -0.15) is 0 Å². The Morgan fingerprint density at radius 3 is 2.56 bits per heavy atom. The predicted molar refractivity (Wildman–Crippen MR) is 68.0 cm³/mol. The fourth-order valence-electron chi connectivity index (χ4n) is 1.66. The van der Waals surface area contributed by atoms with Crippen LogP contribution in [0.2, 0.25) is 0 Å². The minimum Gasteiger partial charge on any atom is -0.465 e. The molecule has 1 rings (SSSR count). The molecule has 0 bridgehead atoms. The lowest BCUT2D eigenvalue weighted by Gasteiger charge is -2.11. The normalized spacial score (nSPS) is 12.8. The van der Waals surface area contributed by atoms with Crippen molar-refractivity contribution in [1.82, 2.24) is 0 Å². The van der Waals surface area contributed by atoms with E-state index in [4.69, 9.17) is 4.42 Å². The fourth-order valence-corrected chi connectivity index (χ4v) is 2.83. The van der Waals surface area contributed by atoms with E-state index in [1.54, 1.807) is 11.8 Å². The van der Waals surface area contributed by atoms with Gasteiger partial charge in [-0.05, 0) is 32.8 Å². The van der Waals surface area contributed by atoms with Crippen LogP contribution in [0.4, 0.5) is 0 Å². The second kappa shape index (κ2) is 6.14. The number of aryl methyl sites for hydroxylation is 2. The topological polar surface area (TPSA) is 30.2 Å². The van der Waals surface area contributed by atoms with Crippen molar-refractivity contribution in [3.63, 3.8) is 0 Å². The van der Waals surface area contributed by atoms with Crippen molar-refractivity contribution in [1.29, 1.82) is 0 Å². The molecule has 0 spiro atoms. The molecule has 1 aromatic heterocycles. The largest absolute Gasteiger partial charge is 0.465 e. The van der Waals surface area contributed by atoms with Crippen LogP contribution in [0.15, 0.2) is 15.4 Å². The Morgan fingerprint density at radius 1 is 1.44 bits per heavy atom. The van der Waals surface area contributed by atoms with E-state index in [2.05, 4.69) is 6.92 Å². The highest BCUT2D eigenvalue weighted by molar-refractivity contribution is 8.00. The zero-order valence-corrected chi connectivity index (χ0v) is 11.3. The minimum absolute atomic E-state index is 0.0793. The third-order valence-electron chi connectivity index (χ3n) is 2.49. The average molecular weight is 240 g/mol. The first kappa shape index (κ1) is 13.4. The molecular formula is C13H20O2S. The van der Waals surface area contributed by atoms with Crippen molar-refractivity contribution in [3.8, 4) is 0 Å². The Labute approximate surface area is 102 Å². The van der Waals surface area contributed by atoms with E-state index in [1.807, 2.05) is 26.8 Å². The molecule has 0 radical (unpaired) electrons. The highest BCUT2D eigenvalue weighted by atomic mass is 32.2. The molecule has 0 N–H and O–H groups in total. The summed E-state index contributed by atoms with van der Waals surface area (Å²) in [7, 11) is 0. The standard InChI is InChI=1S/C13H20O2S/c1-5-7-11(14)12(6-2)16-13-8-9(3)15-10(13)4/h8,12H,5-7H2,1-4H3. The molecule has 3 heteroatoms. The Morgan fingerprint density at radius 2 is 2.12 bits per heavy atom. The van der Waals surface area contributed by atoms with Gasteiger partial charge in [0.25, 0.3) is 0 Å². The molecule has 0 aliphatic heterocycles. The molecule has 0 fully saturated rings. The van der Waals surface area contributed by atoms with Gasteiger partial charge in [0.15, 0.2) is 0 Å². The minimum atomic E-state index is 0.0793. The molecule has 0 aliphatic rings. The highest BCUT2D eigenvalue weighted by Crippen LogP contribution is 2.31. The maximum Gasteiger partial charge on any atom is 0.146 e. The van der Waals surface area contributed by atoms with Gasteiger partial charge >= 0.3 is 0 Å².